The minimum atomic E-state index is -0.701. The molecule has 2 heterocycles. The van der Waals surface area contributed by atoms with Crippen LogP contribution in [0.3, 0.4) is 0 Å². The molecular weight excluding hydrogens is 402 g/mol. The number of nitrogens with zero attached hydrogens (tertiary/aromatic N) is 3. The van der Waals surface area contributed by atoms with Crippen molar-refractivity contribution < 1.29 is 14.6 Å². The van der Waals surface area contributed by atoms with Crippen LogP contribution in [0.4, 0.5) is 0 Å². The molecular formula is C26H33N3O3. The molecule has 3 aromatic rings. The normalized spacial score (nSPS) is 17.8. The van der Waals surface area contributed by atoms with Crippen molar-refractivity contribution in [2.24, 2.45) is 0 Å². The van der Waals surface area contributed by atoms with Gasteiger partial charge in [-0.05, 0) is 57.0 Å². The summed E-state index contributed by atoms with van der Waals surface area (Å²) >= 11 is 0. The van der Waals surface area contributed by atoms with Crippen LogP contribution in [0, 0.1) is 0 Å². The summed E-state index contributed by atoms with van der Waals surface area (Å²) in [6, 6.07) is 15.9. The lowest BCUT2D eigenvalue weighted by atomic mass is 10.1. The fourth-order valence-corrected chi connectivity index (χ4v) is 4.40. The highest BCUT2D eigenvalue weighted by Crippen LogP contribution is 2.34. The fourth-order valence-electron chi connectivity index (χ4n) is 4.40. The van der Waals surface area contributed by atoms with E-state index in [1.54, 1.807) is 0 Å². The van der Waals surface area contributed by atoms with Gasteiger partial charge in [0.1, 0.15) is 24.3 Å². The number of hydrogen-bond acceptors (Lipinski definition) is 4. The molecule has 1 N–H and O–H groups in total. The van der Waals surface area contributed by atoms with Crippen LogP contribution in [0.1, 0.15) is 51.4 Å². The van der Waals surface area contributed by atoms with Crippen molar-refractivity contribution in [2.45, 2.75) is 64.6 Å². The number of carbonyl (C=O) groups excluding carboxylic acids is 1. The van der Waals surface area contributed by atoms with Gasteiger partial charge in [-0.3, -0.25) is 4.79 Å². The number of aliphatic hydroxyl groups excluding tert-OH is 1. The number of aromatic nitrogens is 2. The molecule has 4 rings (SSSR count). The van der Waals surface area contributed by atoms with Gasteiger partial charge >= 0.3 is 0 Å². The van der Waals surface area contributed by atoms with E-state index in [2.05, 4.69) is 32.3 Å². The minimum absolute atomic E-state index is 0.00355. The molecule has 1 aromatic heterocycles. The lowest BCUT2D eigenvalue weighted by Crippen LogP contribution is -2.42. The van der Waals surface area contributed by atoms with Gasteiger partial charge in [0, 0.05) is 24.4 Å². The number of carbonyl (C=O) groups is 1. The van der Waals surface area contributed by atoms with Crippen molar-refractivity contribution in [3.63, 3.8) is 0 Å². The minimum Gasteiger partial charge on any atom is -0.491 e. The maximum Gasteiger partial charge on any atom is 0.223 e. The summed E-state index contributed by atoms with van der Waals surface area (Å²) in [5, 5.41) is 10.8. The van der Waals surface area contributed by atoms with Gasteiger partial charge < -0.3 is 19.3 Å². The SMILES string of the molecule is CCc1ccc(OC[C@H](O)Cn2c([C@H]3CC(=O)N(C(C)(C)C)C3)nc3ccccc32)cc1. The molecule has 2 atom stereocenters. The lowest BCUT2D eigenvalue weighted by molar-refractivity contribution is -0.131. The molecule has 6 nitrogen and oxygen atoms in total. The monoisotopic (exact) mass is 435 g/mol. The van der Waals surface area contributed by atoms with Crippen LogP contribution in [0.25, 0.3) is 11.0 Å². The molecule has 0 aliphatic carbocycles. The zero-order valence-electron chi connectivity index (χ0n) is 19.4. The van der Waals surface area contributed by atoms with E-state index in [-0.39, 0.29) is 24.0 Å². The van der Waals surface area contributed by atoms with E-state index < -0.39 is 6.10 Å². The highest BCUT2D eigenvalue weighted by Gasteiger charge is 2.39. The smallest absolute Gasteiger partial charge is 0.223 e. The zero-order valence-corrected chi connectivity index (χ0v) is 19.4. The number of hydrogen-bond donors (Lipinski definition) is 1. The molecule has 1 amide bonds. The number of para-hydroxylation sites is 2. The molecule has 1 saturated heterocycles. The Bertz CT molecular complexity index is 1080. The molecule has 170 valence electrons. The average molecular weight is 436 g/mol. The summed E-state index contributed by atoms with van der Waals surface area (Å²) in [6.07, 6.45) is 0.722. The van der Waals surface area contributed by atoms with E-state index in [4.69, 9.17) is 9.72 Å². The molecule has 1 fully saturated rings. The van der Waals surface area contributed by atoms with E-state index in [9.17, 15) is 9.90 Å². The summed E-state index contributed by atoms with van der Waals surface area (Å²) in [6.45, 7) is 9.49. The number of benzene rings is 2. The highest BCUT2D eigenvalue weighted by atomic mass is 16.5. The van der Waals surface area contributed by atoms with Gasteiger partial charge in [-0.15, -0.1) is 0 Å². The third kappa shape index (κ3) is 4.65. The second-order valence-electron chi connectivity index (χ2n) is 9.61. The molecule has 0 saturated carbocycles. The molecule has 0 radical (unpaired) electrons. The number of aryl methyl sites for hydroxylation is 1. The summed E-state index contributed by atoms with van der Waals surface area (Å²) in [4.78, 5) is 19.5. The highest BCUT2D eigenvalue weighted by molar-refractivity contribution is 5.81. The largest absolute Gasteiger partial charge is 0.491 e. The topological polar surface area (TPSA) is 67.6 Å². The van der Waals surface area contributed by atoms with Gasteiger partial charge in [-0.2, -0.15) is 0 Å². The zero-order chi connectivity index (χ0) is 22.9. The molecule has 0 spiro atoms. The second kappa shape index (κ2) is 8.94. The van der Waals surface area contributed by atoms with E-state index >= 15 is 0 Å². The third-order valence-corrected chi connectivity index (χ3v) is 6.15. The second-order valence-corrected chi connectivity index (χ2v) is 9.61. The van der Waals surface area contributed by atoms with E-state index in [1.165, 1.54) is 5.56 Å². The van der Waals surface area contributed by atoms with E-state index in [1.807, 2.05) is 53.4 Å². The van der Waals surface area contributed by atoms with Crippen molar-refractivity contribution in [3.05, 3.63) is 59.9 Å². The Hall–Kier alpha value is -2.86. The molecule has 6 heteroatoms. The van der Waals surface area contributed by atoms with Crippen molar-refractivity contribution in [1.29, 1.82) is 0 Å². The maximum atomic E-state index is 12.7. The molecule has 0 unspecified atom stereocenters. The Morgan fingerprint density at radius 1 is 1.16 bits per heavy atom. The molecule has 1 aliphatic heterocycles. The number of rotatable bonds is 7. The first-order chi connectivity index (χ1) is 15.3. The van der Waals surface area contributed by atoms with Crippen LogP contribution in [-0.4, -0.2) is 50.3 Å². The van der Waals surface area contributed by atoms with Gasteiger partial charge in [0.05, 0.1) is 17.6 Å². The van der Waals surface area contributed by atoms with Gasteiger partial charge in [0.2, 0.25) is 5.91 Å². The lowest BCUT2D eigenvalue weighted by Gasteiger charge is -2.32. The predicted octanol–water partition coefficient (Wildman–Crippen LogP) is 4.15. The van der Waals surface area contributed by atoms with Gasteiger partial charge in [0.25, 0.3) is 0 Å². The van der Waals surface area contributed by atoms with Crippen molar-refractivity contribution in [3.8, 4) is 5.75 Å². The van der Waals surface area contributed by atoms with E-state index in [0.29, 0.717) is 19.5 Å². The van der Waals surface area contributed by atoms with Crippen LogP contribution in [0.15, 0.2) is 48.5 Å². The van der Waals surface area contributed by atoms with Gasteiger partial charge in [-0.1, -0.05) is 31.2 Å². The van der Waals surface area contributed by atoms with Crippen molar-refractivity contribution in [1.82, 2.24) is 14.5 Å². The van der Waals surface area contributed by atoms with E-state index in [0.717, 1.165) is 29.0 Å². The summed E-state index contributed by atoms with van der Waals surface area (Å²) < 4.78 is 7.89. The Morgan fingerprint density at radius 3 is 2.53 bits per heavy atom. The Balaban J connectivity index is 1.53. The summed E-state index contributed by atoms with van der Waals surface area (Å²) in [7, 11) is 0. The van der Waals surface area contributed by atoms with Crippen LogP contribution >= 0.6 is 0 Å². The Kier molecular flexibility index (Phi) is 6.24. The van der Waals surface area contributed by atoms with Crippen LogP contribution in [0.5, 0.6) is 5.75 Å². The molecule has 32 heavy (non-hydrogen) atoms. The van der Waals surface area contributed by atoms with Crippen LogP contribution in [0.2, 0.25) is 0 Å². The molecule has 0 bridgehead atoms. The molecule has 2 aromatic carbocycles. The first-order valence-electron chi connectivity index (χ1n) is 11.4. The van der Waals surface area contributed by atoms with Crippen molar-refractivity contribution >= 4 is 16.9 Å². The third-order valence-electron chi connectivity index (χ3n) is 6.15. The maximum absolute atomic E-state index is 12.7. The number of ether oxygens (including phenoxy) is 1. The van der Waals surface area contributed by atoms with Crippen LogP contribution in [-0.2, 0) is 17.8 Å². The van der Waals surface area contributed by atoms with Gasteiger partial charge in [-0.25, -0.2) is 4.98 Å². The Morgan fingerprint density at radius 2 is 1.88 bits per heavy atom. The summed E-state index contributed by atoms with van der Waals surface area (Å²) in [5.41, 5.74) is 2.88. The first kappa shape index (κ1) is 22.3. The molecule has 1 aliphatic rings. The first-order valence-corrected chi connectivity index (χ1v) is 11.4. The number of fused-ring (bicyclic) bond motifs is 1. The summed E-state index contributed by atoms with van der Waals surface area (Å²) in [5.74, 6) is 1.76. The number of imidazole rings is 1. The van der Waals surface area contributed by atoms with Gasteiger partial charge in [0.15, 0.2) is 0 Å². The fraction of sp³-hybridized carbons (Fsp3) is 0.462. The van der Waals surface area contributed by atoms with Crippen LogP contribution < -0.4 is 4.74 Å². The number of amides is 1. The Labute approximate surface area is 189 Å². The standard InChI is InChI=1S/C26H33N3O3/c1-5-18-10-12-21(13-11-18)32-17-20(30)16-28-23-9-7-6-8-22(23)27-25(28)19-14-24(31)29(15-19)26(2,3)4/h6-13,19-20,30H,5,14-17H2,1-4H3/t19-,20+/m0/s1. The average Bonchev–Trinajstić information content (AvgIpc) is 3.33. The number of likely N-dealkylation sites (tertiary alicyclic amines) is 1. The van der Waals surface area contributed by atoms with Crippen molar-refractivity contribution in [2.75, 3.05) is 13.2 Å². The quantitative estimate of drug-likeness (QED) is 0.605. The number of aliphatic hydroxyl groups is 1. The predicted molar refractivity (Wildman–Crippen MR) is 126 cm³/mol.